The summed E-state index contributed by atoms with van der Waals surface area (Å²) in [5.41, 5.74) is 1.22. The molecule has 0 amide bonds. The number of allylic oxidation sites excluding steroid dienone is 2. The lowest BCUT2D eigenvalue weighted by molar-refractivity contribution is -0.100. The molecule has 0 aromatic heterocycles. The van der Waals surface area contributed by atoms with Crippen molar-refractivity contribution in [3.05, 3.63) is 22.7 Å². The van der Waals surface area contributed by atoms with Crippen LogP contribution < -0.4 is 0 Å². The lowest BCUT2D eigenvalue weighted by Crippen LogP contribution is -2.12. The summed E-state index contributed by atoms with van der Waals surface area (Å²) in [4.78, 5) is 1.81. The molecule has 0 radical (unpaired) electrons. The van der Waals surface area contributed by atoms with Crippen molar-refractivity contribution < 1.29 is 9.47 Å². The Bertz CT molecular complexity index is 160. The number of rotatable bonds is 5. The van der Waals surface area contributed by atoms with Gasteiger partial charge in [0.15, 0.2) is 6.29 Å². The van der Waals surface area contributed by atoms with Gasteiger partial charge in [-0.3, -0.25) is 0 Å². The predicted octanol–water partition coefficient (Wildman–Crippen LogP) is 2.85. The fraction of sp³-hybridized carbons (Fsp3) is 0.556. The van der Waals surface area contributed by atoms with Crippen LogP contribution in [0.4, 0.5) is 0 Å². The fourth-order valence-corrected chi connectivity index (χ4v) is 0.947. The maximum atomic E-state index is 5.05. The van der Waals surface area contributed by atoms with E-state index in [1.807, 2.05) is 24.1 Å². The van der Waals surface area contributed by atoms with Crippen LogP contribution in [0.25, 0.3) is 0 Å². The quantitative estimate of drug-likeness (QED) is 0.538. The topological polar surface area (TPSA) is 18.5 Å². The third-order valence-electron chi connectivity index (χ3n) is 1.47. The third kappa shape index (κ3) is 5.52. The first-order valence-corrected chi connectivity index (χ1v) is 4.64. The van der Waals surface area contributed by atoms with Gasteiger partial charge in [0.25, 0.3) is 0 Å². The minimum atomic E-state index is -0.134. The molecule has 2 nitrogen and oxygen atoms in total. The molecule has 0 spiro atoms. The van der Waals surface area contributed by atoms with Crippen LogP contribution in [0.3, 0.4) is 0 Å². The highest BCUT2D eigenvalue weighted by atomic mass is 79.9. The van der Waals surface area contributed by atoms with Crippen molar-refractivity contribution in [2.24, 2.45) is 0 Å². The van der Waals surface area contributed by atoms with Crippen molar-refractivity contribution in [1.29, 1.82) is 0 Å². The molecule has 0 bridgehead atoms. The van der Waals surface area contributed by atoms with E-state index in [0.717, 1.165) is 6.42 Å². The van der Waals surface area contributed by atoms with Gasteiger partial charge in [-0.2, -0.15) is 0 Å². The molecule has 0 aliphatic heterocycles. The monoisotopic (exact) mass is 234 g/mol. The number of hydrogen-bond donors (Lipinski definition) is 0. The maximum Gasteiger partial charge on any atom is 0.160 e. The summed E-state index contributed by atoms with van der Waals surface area (Å²) < 4.78 is 10.1. The van der Waals surface area contributed by atoms with E-state index in [9.17, 15) is 0 Å². The third-order valence-corrected chi connectivity index (χ3v) is 1.77. The Morgan fingerprint density at radius 3 is 2.42 bits per heavy atom. The van der Waals surface area contributed by atoms with Gasteiger partial charge in [0.2, 0.25) is 0 Å². The highest BCUT2D eigenvalue weighted by Crippen LogP contribution is 2.08. The minimum Gasteiger partial charge on any atom is -0.356 e. The highest BCUT2D eigenvalue weighted by Gasteiger charge is 2.04. The second-order valence-electron chi connectivity index (χ2n) is 2.44. The Labute approximate surface area is 82.4 Å². The van der Waals surface area contributed by atoms with Crippen LogP contribution in [0, 0.1) is 0 Å². The number of hydrogen-bond acceptors (Lipinski definition) is 2. The molecule has 0 unspecified atom stereocenters. The second kappa shape index (κ2) is 7.53. The van der Waals surface area contributed by atoms with E-state index >= 15 is 0 Å². The lowest BCUT2D eigenvalue weighted by Gasteiger charge is -2.12. The van der Waals surface area contributed by atoms with Crippen molar-refractivity contribution in [3.8, 4) is 0 Å². The van der Waals surface area contributed by atoms with E-state index in [2.05, 4.69) is 15.9 Å². The van der Waals surface area contributed by atoms with Crippen LogP contribution in [-0.4, -0.2) is 20.5 Å². The molecule has 0 saturated heterocycles. The molecule has 0 saturated carbocycles. The Morgan fingerprint density at radius 2 is 2.00 bits per heavy atom. The molecule has 0 N–H and O–H groups in total. The summed E-state index contributed by atoms with van der Waals surface area (Å²) in [6, 6.07) is 0. The Hall–Kier alpha value is -0.120. The maximum absolute atomic E-state index is 5.05. The SMILES string of the molecule is COC(CC(C)=CC=CBr)OC. The van der Waals surface area contributed by atoms with Crippen LogP contribution in [0.1, 0.15) is 13.3 Å². The van der Waals surface area contributed by atoms with Crippen molar-refractivity contribution in [2.45, 2.75) is 19.6 Å². The molecule has 3 heteroatoms. The van der Waals surface area contributed by atoms with Gasteiger partial charge < -0.3 is 9.47 Å². The normalized spacial score (nSPS) is 13.2. The van der Waals surface area contributed by atoms with E-state index in [-0.39, 0.29) is 6.29 Å². The van der Waals surface area contributed by atoms with Crippen molar-refractivity contribution in [2.75, 3.05) is 14.2 Å². The molecular weight excluding hydrogens is 220 g/mol. The van der Waals surface area contributed by atoms with Crippen molar-refractivity contribution in [3.63, 3.8) is 0 Å². The molecule has 12 heavy (non-hydrogen) atoms. The summed E-state index contributed by atoms with van der Waals surface area (Å²) >= 11 is 3.19. The van der Waals surface area contributed by atoms with Gasteiger partial charge in [0, 0.05) is 20.6 Å². The molecule has 0 rings (SSSR count). The first-order chi connectivity index (χ1) is 5.74. The predicted molar refractivity (Wildman–Crippen MR) is 54.2 cm³/mol. The Kier molecular flexibility index (Phi) is 7.45. The van der Waals surface area contributed by atoms with Crippen LogP contribution in [0.15, 0.2) is 22.7 Å². The largest absolute Gasteiger partial charge is 0.356 e. The molecule has 0 aromatic carbocycles. The average Bonchev–Trinajstić information content (AvgIpc) is 2.10. The molecule has 0 atom stereocenters. The molecule has 0 aromatic rings. The number of ether oxygens (including phenoxy) is 2. The zero-order chi connectivity index (χ0) is 9.40. The van der Waals surface area contributed by atoms with Crippen LogP contribution in [-0.2, 0) is 9.47 Å². The number of methoxy groups -OCH3 is 2. The van der Waals surface area contributed by atoms with E-state index in [4.69, 9.17) is 9.47 Å². The summed E-state index contributed by atoms with van der Waals surface area (Å²) in [7, 11) is 3.28. The van der Waals surface area contributed by atoms with Gasteiger partial charge in [-0.25, -0.2) is 0 Å². The summed E-state index contributed by atoms with van der Waals surface area (Å²) in [6.45, 7) is 2.04. The zero-order valence-corrected chi connectivity index (χ0v) is 9.30. The van der Waals surface area contributed by atoms with E-state index in [1.54, 1.807) is 14.2 Å². The highest BCUT2D eigenvalue weighted by molar-refractivity contribution is 9.11. The lowest BCUT2D eigenvalue weighted by atomic mass is 10.2. The van der Waals surface area contributed by atoms with Crippen LogP contribution in [0.5, 0.6) is 0 Å². The van der Waals surface area contributed by atoms with Crippen molar-refractivity contribution in [1.82, 2.24) is 0 Å². The molecule has 0 aliphatic rings. The molecular formula is C9H15BrO2. The van der Waals surface area contributed by atoms with Gasteiger partial charge >= 0.3 is 0 Å². The van der Waals surface area contributed by atoms with E-state index < -0.39 is 0 Å². The van der Waals surface area contributed by atoms with E-state index in [1.165, 1.54) is 5.57 Å². The summed E-state index contributed by atoms with van der Waals surface area (Å²) in [5, 5.41) is 0. The molecule has 70 valence electrons. The molecule has 0 heterocycles. The average molecular weight is 235 g/mol. The molecule has 0 aliphatic carbocycles. The van der Waals surface area contributed by atoms with Crippen molar-refractivity contribution >= 4 is 15.9 Å². The first kappa shape index (κ1) is 11.9. The van der Waals surface area contributed by atoms with Gasteiger partial charge in [-0.1, -0.05) is 33.7 Å². The summed E-state index contributed by atoms with van der Waals surface area (Å²) in [6.07, 6.45) is 4.60. The van der Waals surface area contributed by atoms with E-state index in [0.29, 0.717) is 0 Å². The number of halogens is 1. The minimum absolute atomic E-state index is 0.134. The van der Waals surface area contributed by atoms with Crippen LogP contribution in [0.2, 0.25) is 0 Å². The van der Waals surface area contributed by atoms with Crippen LogP contribution >= 0.6 is 15.9 Å². The van der Waals surface area contributed by atoms with Gasteiger partial charge in [-0.15, -0.1) is 0 Å². The Morgan fingerprint density at radius 1 is 1.42 bits per heavy atom. The fourth-order valence-electron chi connectivity index (χ4n) is 0.794. The van der Waals surface area contributed by atoms with Gasteiger partial charge in [-0.05, 0) is 11.9 Å². The molecule has 0 fully saturated rings. The summed E-state index contributed by atoms with van der Waals surface area (Å²) in [5.74, 6) is 0. The van der Waals surface area contributed by atoms with Gasteiger partial charge in [0.05, 0.1) is 0 Å². The Balaban J connectivity index is 3.88. The first-order valence-electron chi connectivity index (χ1n) is 3.72. The zero-order valence-electron chi connectivity index (χ0n) is 7.71. The van der Waals surface area contributed by atoms with Gasteiger partial charge in [0.1, 0.15) is 0 Å². The second-order valence-corrected chi connectivity index (χ2v) is 2.97. The standard InChI is InChI=1S/C9H15BrO2/c1-8(5-4-6-10)7-9(11-2)12-3/h4-6,9H,7H2,1-3H3. The smallest absolute Gasteiger partial charge is 0.160 e.